The Morgan fingerprint density at radius 1 is 1.11 bits per heavy atom. The first-order valence-electron chi connectivity index (χ1n) is 10.8. The van der Waals surface area contributed by atoms with Crippen LogP contribution < -0.4 is 5.32 Å². The molecule has 0 spiro atoms. The number of hydrogen-bond acceptors (Lipinski definition) is 4. The molecule has 1 atom stereocenters. The molecule has 7 nitrogen and oxygen atoms in total. The summed E-state index contributed by atoms with van der Waals surface area (Å²) in [5.74, 6) is 2.35. The SMILES string of the molecule is CCOCC1CCN(C(=NC)NCCN2CCN(C(=O)C3CCC3)CC2)C1.I. The minimum absolute atomic E-state index is 0. The van der Waals surface area contributed by atoms with Crippen molar-refractivity contribution in [1.29, 1.82) is 0 Å². The zero-order valence-electron chi connectivity index (χ0n) is 17.6. The number of piperazine rings is 1. The second-order valence-corrected chi connectivity index (χ2v) is 8.03. The van der Waals surface area contributed by atoms with Crippen LogP contribution in [-0.2, 0) is 9.53 Å². The van der Waals surface area contributed by atoms with Crippen molar-refractivity contribution in [2.45, 2.75) is 32.6 Å². The third-order valence-corrected chi connectivity index (χ3v) is 6.20. The Morgan fingerprint density at radius 2 is 1.86 bits per heavy atom. The molecular formula is C20H38IN5O2. The lowest BCUT2D eigenvalue weighted by atomic mass is 9.84. The van der Waals surface area contributed by atoms with Gasteiger partial charge in [0.2, 0.25) is 5.91 Å². The molecule has 1 saturated carbocycles. The maximum Gasteiger partial charge on any atom is 0.225 e. The third-order valence-electron chi connectivity index (χ3n) is 6.20. The van der Waals surface area contributed by atoms with E-state index in [2.05, 4.69) is 31.9 Å². The van der Waals surface area contributed by atoms with E-state index in [1.165, 1.54) is 12.8 Å². The number of nitrogens with zero attached hydrogens (tertiary/aromatic N) is 4. The predicted octanol–water partition coefficient (Wildman–Crippen LogP) is 1.48. The average molecular weight is 507 g/mol. The highest BCUT2D eigenvalue weighted by Gasteiger charge is 2.31. The number of guanidine groups is 1. The summed E-state index contributed by atoms with van der Waals surface area (Å²) in [7, 11) is 1.86. The summed E-state index contributed by atoms with van der Waals surface area (Å²) >= 11 is 0. The average Bonchev–Trinajstić information content (AvgIpc) is 3.11. The van der Waals surface area contributed by atoms with Crippen LogP contribution in [0.5, 0.6) is 0 Å². The number of amides is 1. The van der Waals surface area contributed by atoms with Gasteiger partial charge in [-0.1, -0.05) is 6.42 Å². The van der Waals surface area contributed by atoms with Crippen LogP contribution in [0.2, 0.25) is 0 Å². The van der Waals surface area contributed by atoms with Crippen LogP contribution >= 0.6 is 24.0 Å². The first-order chi connectivity index (χ1) is 13.2. The number of nitrogens with one attached hydrogen (secondary N) is 1. The number of likely N-dealkylation sites (tertiary alicyclic amines) is 1. The Hall–Kier alpha value is -0.610. The molecular weight excluding hydrogens is 469 g/mol. The topological polar surface area (TPSA) is 60.4 Å². The summed E-state index contributed by atoms with van der Waals surface area (Å²) in [4.78, 5) is 23.7. The van der Waals surface area contributed by atoms with Gasteiger partial charge in [0.05, 0.1) is 6.61 Å². The lowest BCUT2D eigenvalue weighted by Gasteiger charge is -2.38. The van der Waals surface area contributed by atoms with Gasteiger partial charge in [-0.05, 0) is 26.2 Å². The van der Waals surface area contributed by atoms with Gasteiger partial charge in [-0.3, -0.25) is 14.7 Å². The number of halogens is 1. The largest absolute Gasteiger partial charge is 0.381 e. The van der Waals surface area contributed by atoms with Gasteiger partial charge >= 0.3 is 0 Å². The summed E-state index contributed by atoms with van der Waals surface area (Å²) in [6.45, 7) is 11.4. The number of rotatable bonds is 7. The molecule has 0 aromatic carbocycles. The highest BCUT2D eigenvalue weighted by atomic mass is 127. The molecule has 28 heavy (non-hydrogen) atoms. The van der Waals surface area contributed by atoms with Crippen molar-refractivity contribution in [2.24, 2.45) is 16.8 Å². The fourth-order valence-corrected chi connectivity index (χ4v) is 4.21. The van der Waals surface area contributed by atoms with Crippen molar-refractivity contribution in [3.05, 3.63) is 0 Å². The highest BCUT2D eigenvalue weighted by Crippen LogP contribution is 2.28. The minimum atomic E-state index is 0. The minimum Gasteiger partial charge on any atom is -0.381 e. The molecule has 1 unspecified atom stereocenters. The Balaban J connectivity index is 0.00000280. The van der Waals surface area contributed by atoms with E-state index in [9.17, 15) is 4.79 Å². The van der Waals surface area contributed by atoms with Crippen LogP contribution in [0.3, 0.4) is 0 Å². The zero-order valence-corrected chi connectivity index (χ0v) is 19.9. The van der Waals surface area contributed by atoms with E-state index < -0.39 is 0 Å². The Bertz CT molecular complexity index is 507. The number of ether oxygens (including phenoxy) is 1. The summed E-state index contributed by atoms with van der Waals surface area (Å²) in [6, 6.07) is 0. The maximum absolute atomic E-state index is 12.3. The smallest absolute Gasteiger partial charge is 0.225 e. The number of carbonyl (C=O) groups excluding carboxylic acids is 1. The third kappa shape index (κ3) is 6.45. The van der Waals surface area contributed by atoms with E-state index in [0.29, 0.717) is 17.7 Å². The molecule has 8 heteroatoms. The summed E-state index contributed by atoms with van der Waals surface area (Å²) < 4.78 is 5.57. The van der Waals surface area contributed by atoms with Gasteiger partial charge in [-0.15, -0.1) is 24.0 Å². The van der Waals surface area contributed by atoms with E-state index in [1.54, 1.807) is 0 Å². The molecule has 3 rings (SSSR count). The molecule has 0 aromatic heterocycles. The van der Waals surface area contributed by atoms with Crippen LogP contribution in [0.15, 0.2) is 4.99 Å². The van der Waals surface area contributed by atoms with Gasteiger partial charge in [-0.25, -0.2) is 0 Å². The van der Waals surface area contributed by atoms with E-state index in [4.69, 9.17) is 4.74 Å². The molecule has 2 heterocycles. The summed E-state index contributed by atoms with van der Waals surface area (Å²) in [5.41, 5.74) is 0. The van der Waals surface area contributed by atoms with Crippen LogP contribution in [0, 0.1) is 11.8 Å². The molecule has 0 aromatic rings. The monoisotopic (exact) mass is 507 g/mol. The molecule has 1 aliphatic carbocycles. The Morgan fingerprint density at radius 3 is 2.46 bits per heavy atom. The second-order valence-electron chi connectivity index (χ2n) is 8.03. The molecule has 2 aliphatic heterocycles. The van der Waals surface area contributed by atoms with Crippen molar-refractivity contribution in [3.8, 4) is 0 Å². The maximum atomic E-state index is 12.3. The lowest BCUT2D eigenvalue weighted by molar-refractivity contribution is -0.139. The normalized spacial score (nSPS) is 24.1. The first kappa shape index (κ1) is 23.7. The quantitative estimate of drug-likeness (QED) is 0.322. The fourth-order valence-electron chi connectivity index (χ4n) is 4.21. The van der Waals surface area contributed by atoms with Crippen LogP contribution in [0.25, 0.3) is 0 Å². The first-order valence-corrected chi connectivity index (χ1v) is 10.8. The van der Waals surface area contributed by atoms with Crippen molar-refractivity contribution >= 4 is 35.8 Å². The van der Waals surface area contributed by atoms with Gasteiger partial charge in [-0.2, -0.15) is 0 Å². The Kier molecular flexibility index (Phi) is 10.3. The molecule has 2 saturated heterocycles. The number of hydrogen-bond donors (Lipinski definition) is 1. The molecule has 0 bridgehead atoms. The van der Waals surface area contributed by atoms with Crippen molar-refractivity contribution in [2.75, 3.05) is 72.6 Å². The van der Waals surface area contributed by atoms with E-state index in [-0.39, 0.29) is 24.0 Å². The Labute approximate surface area is 187 Å². The van der Waals surface area contributed by atoms with Gasteiger partial charge in [0, 0.05) is 77.8 Å². The van der Waals surface area contributed by atoms with Gasteiger partial charge in [0.15, 0.2) is 5.96 Å². The standard InChI is InChI=1S/C20H37N5O2.HI/c1-3-27-16-17-7-9-25(15-17)20(21-2)22-8-10-23-11-13-24(14-12-23)19(26)18-5-4-6-18;/h17-18H,3-16H2,1-2H3,(H,21,22);1H. The molecule has 0 radical (unpaired) electrons. The second kappa shape index (κ2) is 12.2. The number of aliphatic imine (C=N–C) groups is 1. The van der Waals surface area contributed by atoms with Crippen molar-refractivity contribution < 1.29 is 9.53 Å². The van der Waals surface area contributed by atoms with Gasteiger partial charge < -0.3 is 19.9 Å². The molecule has 162 valence electrons. The van der Waals surface area contributed by atoms with Crippen LogP contribution in [-0.4, -0.2) is 99.2 Å². The number of carbonyl (C=O) groups is 1. The zero-order chi connectivity index (χ0) is 19.1. The van der Waals surface area contributed by atoms with Crippen molar-refractivity contribution in [1.82, 2.24) is 20.0 Å². The van der Waals surface area contributed by atoms with Gasteiger partial charge in [0.25, 0.3) is 0 Å². The van der Waals surface area contributed by atoms with Gasteiger partial charge in [0.1, 0.15) is 0 Å². The van der Waals surface area contributed by atoms with E-state index in [0.717, 1.165) is 84.4 Å². The van der Waals surface area contributed by atoms with E-state index in [1.807, 2.05) is 7.05 Å². The summed E-state index contributed by atoms with van der Waals surface area (Å²) in [6.07, 6.45) is 4.61. The predicted molar refractivity (Wildman–Crippen MR) is 123 cm³/mol. The highest BCUT2D eigenvalue weighted by molar-refractivity contribution is 14.0. The van der Waals surface area contributed by atoms with E-state index >= 15 is 0 Å². The molecule has 1 amide bonds. The fraction of sp³-hybridized carbons (Fsp3) is 0.900. The van der Waals surface area contributed by atoms with Crippen LogP contribution in [0.4, 0.5) is 0 Å². The molecule has 1 N–H and O–H groups in total. The van der Waals surface area contributed by atoms with Crippen molar-refractivity contribution in [3.63, 3.8) is 0 Å². The molecule has 3 aliphatic rings. The molecule has 3 fully saturated rings. The lowest BCUT2D eigenvalue weighted by Crippen LogP contribution is -2.52. The summed E-state index contributed by atoms with van der Waals surface area (Å²) in [5, 5.41) is 3.52. The van der Waals surface area contributed by atoms with Crippen LogP contribution in [0.1, 0.15) is 32.6 Å².